The summed E-state index contributed by atoms with van der Waals surface area (Å²) in [6.45, 7) is 8.55. The highest BCUT2D eigenvalue weighted by Gasteiger charge is 2.48. The molecular weight excluding hydrogens is 524 g/mol. The van der Waals surface area contributed by atoms with Crippen LogP contribution in [0.2, 0.25) is 0 Å². The number of aryl methyl sites for hydroxylation is 2. The molecule has 0 radical (unpaired) electrons. The van der Waals surface area contributed by atoms with Crippen molar-refractivity contribution in [3.8, 4) is 11.5 Å². The summed E-state index contributed by atoms with van der Waals surface area (Å²) in [7, 11) is 0. The molecule has 1 aromatic heterocycles. The molecule has 1 amide bonds. The summed E-state index contributed by atoms with van der Waals surface area (Å²) in [6.07, 6.45) is 1.58. The van der Waals surface area contributed by atoms with Crippen LogP contribution in [0, 0.1) is 13.8 Å². The van der Waals surface area contributed by atoms with E-state index in [9.17, 15) is 14.7 Å². The Labute approximate surface area is 236 Å². The zero-order chi connectivity index (χ0) is 28.1. The highest BCUT2D eigenvalue weighted by molar-refractivity contribution is 7.22. The number of hydrogen-bond donors (Lipinski definition) is 1. The molecule has 6 rings (SSSR count). The lowest BCUT2D eigenvalue weighted by Gasteiger charge is -2.23. The highest BCUT2D eigenvalue weighted by atomic mass is 32.1. The van der Waals surface area contributed by atoms with E-state index in [1.165, 1.54) is 16.2 Å². The fourth-order valence-electron chi connectivity index (χ4n) is 5.53. The summed E-state index contributed by atoms with van der Waals surface area (Å²) in [5.41, 5.74) is 4.97. The van der Waals surface area contributed by atoms with Crippen molar-refractivity contribution in [1.29, 1.82) is 0 Å². The second-order valence-corrected chi connectivity index (χ2v) is 11.5. The molecule has 3 heterocycles. The Bertz CT molecular complexity index is 1700. The average molecular weight is 555 g/mol. The van der Waals surface area contributed by atoms with Gasteiger partial charge in [0.1, 0.15) is 23.4 Å². The van der Waals surface area contributed by atoms with Crippen molar-refractivity contribution in [2.24, 2.45) is 0 Å². The second kappa shape index (κ2) is 10.1. The Kier molecular flexibility index (Phi) is 6.58. The lowest BCUT2D eigenvalue weighted by atomic mass is 9.94. The largest absolute Gasteiger partial charge is 0.507 e. The molecule has 4 aromatic rings. The smallest absolute Gasteiger partial charge is 0.301 e. The van der Waals surface area contributed by atoms with Crippen LogP contribution in [-0.2, 0) is 16.0 Å². The Morgan fingerprint density at radius 1 is 1.15 bits per heavy atom. The summed E-state index contributed by atoms with van der Waals surface area (Å²) >= 11 is 1.36. The molecule has 0 spiro atoms. The first-order valence-electron chi connectivity index (χ1n) is 13.5. The molecule has 8 heteroatoms. The van der Waals surface area contributed by atoms with E-state index < -0.39 is 17.7 Å². The molecule has 3 aromatic carbocycles. The summed E-state index contributed by atoms with van der Waals surface area (Å²) in [6, 6.07) is 15.9. The van der Waals surface area contributed by atoms with Gasteiger partial charge in [0.2, 0.25) is 0 Å². The normalized spacial score (nSPS) is 19.8. The number of nitrogens with zero attached hydrogens (tertiary/aromatic N) is 2. The summed E-state index contributed by atoms with van der Waals surface area (Å²) in [5.74, 6) is -0.301. The molecule has 0 unspecified atom stereocenters. The number of ketones is 1. The number of aliphatic hydroxyl groups excluding tert-OH is 1. The summed E-state index contributed by atoms with van der Waals surface area (Å²) in [5, 5.41) is 12.0. The molecule has 1 saturated heterocycles. The van der Waals surface area contributed by atoms with Gasteiger partial charge in [-0.2, -0.15) is 0 Å². The maximum Gasteiger partial charge on any atom is 0.301 e. The number of anilines is 1. The topological polar surface area (TPSA) is 89.0 Å². The second-order valence-electron chi connectivity index (χ2n) is 10.5. The number of benzene rings is 3. The quantitative estimate of drug-likeness (QED) is 0.163. The average Bonchev–Trinajstić information content (AvgIpc) is 3.59. The molecule has 2 atom stereocenters. The lowest BCUT2D eigenvalue weighted by molar-refractivity contribution is -0.132. The lowest BCUT2D eigenvalue weighted by Crippen LogP contribution is -2.29. The van der Waals surface area contributed by atoms with Crippen LogP contribution in [0.25, 0.3) is 16.0 Å². The van der Waals surface area contributed by atoms with Gasteiger partial charge in [-0.05, 0) is 85.8 Å². The van der Waals surface area contributed by atoms with Crippen molar-refractivity contribution in [2.45, 2.75) is 52.7 Å². The summed E-state index contributed by atoms with van der Waals surface area (Å²) < 4.78 is 12.6. The zero-order valence-corrected chi connectivity index (χ0v) is 23.7. The number of Topliss-reactive ketones (excluding diaryl/α,β-unsaturated/α-hetero) is 1. The minimum Gasteiger partial charge on any atom is -0.507 e. The van der Waals surface area contributed by atoms with E-state index in [0.717, 1.165) is 39.1 Å². The van der Waals surface area contributed by atoms with Gasteiger partial charge >= 0.3 is 5.91 Å². The first-order valence-corrected chi connectivity index (χ1v) is 14.3. The number of aromatic nitrogens is 1. The number of carbonyl (C=O) groups excluding carboxylic acids is 2. The number of rotatable bonds is 6. The van der Waals surface area contributed by atoms with Gasteiger partial charge in [0.25, 0.3) is 5.78 Å². The van der Waals surface area contributed by atoms with E-state index >= 15 is 0 Å². The number of hydrogen-bond acceptors (Lipinski definition) is 7. The number of thiazole rings is 1. The third kappa shape index (κ3) is 4.42. The highest BCUT2D eigenvalue weighted by Crippen LogP contribution is 2.45. The summed E-state index contributed by atoms with van der Waals surface area (Å²) in [4.78, 5) is 33.6. The predicted molar refractivity (Wildman–Crippen MR) is 156 cm³/mol. The number of carbonyl (C=O) groups is 2. The van der Waals surface area contributed by atoms with Gasteiger partial charge in [0.05, 0.1) is 28.4 Å². The van der Waals surface area contributed by atoms with Gasteiger partial charge in [-0.3, -0.25) is 14.5 Å². The zero-order valence-electron chi connectivity index (χ0n) is 22.9. The van der Waals surface area contributed by atoms with Gasteiger partial charge < -0.3 is 14.6 Å². The predicted octanol–water partition coefficient (Wildman–Crippen LogP) is 6.65. The fraction of sp³-hybridized carbons (Fsp3) is 0.281. The van der Waals surface area contributed by atoms with Crippen molar-refractivity contribution < 1.29 is 24.2 Å². The molecule has 2 aliphatic heterocycles. The first-order chi connectivity index (χ1) is 19.2. The van der Waals surface area contributed by atoms with Crippen molar-refractivity contribution in [1.82, 2.24) is 4.98 Å². The van der Waals surface area contributed by atoms with Crippen molar-refractivity contribution in [3.63, 3.8) is 0 Å². The van der Waals surface area contributed by atoms with Crippen molar-refractivity contribution >= 4 is 44.1 Å². The van der Waals surface area contributed by atoms with Crippen LogP contribution in [-0.4, -0.2) is 34.5 Å². The SMILES string of the molecule is CCCOc1cccc([C@@H]2/C(=C(\O)c3ccc4c(c3)C[C@@H](C)O4)C(=O)C(=O)N2c2nc3c(C)cc(C)cc3s2)c1. The van der Waals surface area contributed by atoms with Crippen molar-refractivity contribution in [3.05, 3.63) is 88.0 Å². The van der Waals surface area contributed by atoms with E-state index in [0.29, 0.717) is 35.0 Å². The molecule has 1 N–H and O–H groups in total. The van der Waals surface area contributed by atoms with Crippen LogP contribution in [0.5, 0.6) is 11.5 Å². The van der Waals surface area contributed by atoms with E-state index in [-0.39, 0.29) is 17.4 Å². The minimum absolute atomic E-state index is 0.0247. The van der Waals surface area contributed by atoms with E-state index in [2.05, 4.69) is 0 Å². The van der Waals surface area contributed by atoms with Gasteiger partial charge in [-0.15, -0.1) is 0 Å². The first kappa shape index (κ1) is 26.1. The third-order valence-electron chi connectivity index (χ3n) is 7.29. The fourth-order valence-corrected chi connectivity index (χ4v) is 6.69. The van der Waals surface area contributed by atoms with Crippen LogP contribution in [0.15, 0.2) is 60.2 Å². The van der Waals surface area contributed by atoms with Gasteiger partial charge in [0.15, 0.2) is 5.13 Å². The van der Waals surface area contributed by atoms with Crippen LogP contribution < -0.4 is 14.4 Å². The number of ether oxygens (including phenoxy) is 2. The molecule has 1 fully saturated rings. The Balaban J connectivity index is 1.53. The van der Waals surface area contributed by atoms with Crippen molar-refractivity contribution in [2.75, 3.05) is 11.5 Å². The van der Waals surface area contributed by atoms with Crippen LogP contribution in [0.4, 0.5) is 5.13 Å². The molecule has 0 bridgehead atoms. The molecule has 204 valence electrons. The Morgan fingerprint density at radius 3 is 2.77 bits per heavy atom. The maximum atomic E-state index is 13.7. The third-order valence-corrected chi connectivity index (χ3v) is 8.29. The standard InChI is InChI=1S/C32H30N2O5S/c1-5-11-38-23-8-6-7-20(16-23)28-26(29(35)21-9-10-24-22(15-21)14-19(4)39-24)30(36)31(37)34(28)32-33-27-18(3)12-17(2)13-25(27)40-32/h6-10,12-13,15-16,19,28,35H,5,11,14H2,1-4H3/b29-26+/t19-,28-/m1/s1. The molecule has 40 heavy (non-hydrogen) atoms. The van der Waals surface area contributed by atoms with Crippen LogP contribution in [0.1, 0.15) is 54.1 Å². The van der Waals surface area contributed by atoms with Gasteiger partial charge in [0, 0.05) is 12.0 Å². The van der Waals surface area contributed by atoms with Crippen LogP contribution >= 0.6 is 11.3 Å². The van der Waals surface area contributed by atoms with E-state index in [1.54, 1.807) is 12.1 Å². The monoisotopic (exact) mass is 554 g/mol. The van der Waals surface area contributed by atoms with Gasteiger partial charge in [-0.1, -0.05) is 36.5 Å². The molecular formula is C32H30N2O5S. The minimum atomic E-state index is -0.879. The molecule has 7 nitrogen and oxygen atoms in total. The number of fused-ring (bicyclic) bond motifs is 2. The number of amides is 1. The number of aliphatic hydroxyl groups is 1. The Morgan fingerprint density at radius 2 is 1.98 bits per heavy atom. The molecule has 0 aliphatic carbocycles. The van der Waals surface area contributed by atoms with E-state index in [1.807, 2.05) is 70.2 Å². The maximum absolute atomic E-state index is 13.7. The Hall–Kier alpha value is -4.17. The van der Waals surface area contributed by atoms with Gasteiger partial charge in [-0.25, -0.2) is 4.98 Å². The molecule has 0 saturated carbocycles. The molecule has 2 aliphatic rings. The van der Waals surface area contributed by atoms with Crippen LogP contribution in [0.3, 0.4) is 0 Å². The van der Waals surface area contributed by atoms with E-state index in [4.69, 9.17) is 14.5 Å².